The van der Waals surface area contributed by atoms with E-state index >= 15 is 0 Å². The van der Waals surface area contributed by atoms with Crippen molar-refractivity contribution in [1.82, 2.24) is 9.62 Å². The van der Waals surface area contributed by atoms with E-state index in [9.17, 15) is 12.8 Å². The van der Waals surface area contributed by atoms with E-state index in [2.05, 4.69) is 9.62 Å². The standard InChI is InChI=1S/C20H25FN2O4S/c1-2-26-19-9-8-17(14-18(19)21)28(24,25)22-10-11-23-12-13-27-20(15-23)16-6-4-3-5-7-16/h3-9,14,20,22H,2,10-13,15H2,1H3/t20-/m0/s1. The molecular formula is C20H25FN2O4S. The Labute approximate surface area is 165 Å². The molecule has 1 atom stereocenters. The van der Waals surface area contributed by atoms with Crippen LogP contribution in [-0.2, 0) is 14.8 Å². The fourth-order valence-corrected chi connectivity index (χ4v) is 4.15. The van der Waals surface area contributed by atoms with Crippen LogP contribution in [0.3, 0.4) is 0 Å². The lowest BCUT2D eigenvalue weighted by Gasteiger charge is -2.33. The highest BCUT2D eigenvalue weighted by atomic mass is 32.2. The van der Waals surface area contributed by atoms with Gasteiger partial charge in [0.05, 0.1) is 24.2 Å². The Bertz CT molecular complexity index is 877. The van der Waals surface area contributed by atoms with Crippen LogP contribution >= 0.6 is 0 Å². The van der Waals surface area contributed by atoms with Crippen LogP contribution in [-0.4, -0.2) is 52.7 Å². The maximum absolute atomic E-state index is 13.9. The van der Waals surface area contributed by atoms with Crippen molar-refractivity contribution >= 4 is 10.0 Å². The zero-order valence-electron chi connectivity index (χ0n) is 15.8. The highest BCUT2D eigenvalue weighted by Gasteiger charge is 2.22. The number of hydrogen-bond donors (Lipinski definition) is 1. The summed E-state index contributed by atoms with van der Waals surface area (Å²) in [7, 11) is -3.78. The minimum Gasteiger partial charge on any atom is -0.491 e. The van der Waals surface area contributed by atoms with E-state index in [1.165, 1.54) is 12.1 Å². The lowest BCUT2D eigenvalue weighted by molar-refractivity contribution is -0.0291. The predicted octanol–water partition coefficient (Wildman–Crippen LogP) is 2.58. The zero-order chi connectivity index (χ0) is 20.0. The van der Waals surface area contributed by atoms with Gasteiger partial charge in [-0.2, -0.15) is 0 Å². The largest absolute Gasteiger partial charge is 0.491 e. The van der Waals surface area contributed by atoms with E-state index in [4.69, 9.17) is 9.47 Å². The van der Waals surface area contributed by atoms with Crippen molar-refractivity contribution in [3.8, 4) is 5.75 Å². The average Bonchev–Trinajstić information content (AvgIpc) is 2.70. The molecule has 0 unspecified atom stereocenters. The Morgan fingerprint density at radius 1 is 1.25 bits per heavy atom. The van der Waals surface area contributed by atoms with Crippen LogP contribution in [0.25, 0.3) is 0 Å². The quantitative estimate of drug-likeness (QED) is 0.727. The van der Waals surface area contributed by atoms with E-state index in [-0.39, 0.29) is 23.3 Å². The highest BCUT2D eigenvalue weighted by Crippen LogP contribution is 2.22. The summed E-state index contributed by atoms with van der Waals surface area (Å²) in [6.07, 6.45) is -0.0215. The molecule has 152 valence electrons. The molecule has 1 aliphatic heterocycles. The smallest absolute Gasteiger partial charge is 0.240 e. The monoisotopic (exact) mass is 408 g/mol. The van der Waals surface area contributed by atoms with Crippen molar-refractivity contribution in [2.75, 3.05) is 39.4 Å². The molecule has 0 amide bonds. The van der Waals surface area contributed by atoms with Gasteiger partial charge in [-0.05, 0) is 30.7 Å². The number of ether oxygens (including phenoxy) is 2. The number of nitrogens with one attached hydrogen (secondary N) is 1. The Kier molecular flexibility index (Phi) is 7.01. The van der Waals surface area contributed by atoms with Gasteiger partial charge in [0.25, 0.3) is 0 Å². The van der Waals surface area contributed by atoms with Crippen LogP contribution in [0.15, 0.2) is 53.4 Å². The minimum absolute atomic E-state index is 0.0215. The molecule has 0 aromatic heterocycles. The molecule has 1 saturated heterocycles. The van der Waals surface area contributed by atoms with E-state index < -0.39 is 15.8 Å². The first-order chi connectivity index (χ1) is 13.5. The van der Waals surface area contributed by atoms with Gasteiger partial charge >= 0.3 is 0 Å². The van der Waals surface area contributed by atoms with Crippen molar-refractivity contribution < 1.29 is 22.3 Å². The summed E-state index contributed by atoms with van der Waals surface area (Å²) in [5.41, 5.74) is 1.11. The van der Waals surface area contributed by atoms with Crippen LogP contribution in [0.1, 0.15) is 18.6 Å². The molecule has 3 rings (SSSR count). The van der Waals surface area contributed by atoms with Crippen molar-refractivity contribution in [2.24, 2.45) is 0 Å². The van der Waals surface area contributed by atoms with E-state index in [1.807, 2.05) is 30.3 Å². The van der Waals surface area contributed by atoms with Crippen LogP contribution < -0.4 is 9.46 Å². The van der Waals surface area contributed by atoms with Gasteiger partial charge in [0.2, 0.25) is 10.0 Å². The molecule has 2 aromatic carbocycles. The molecule has 0 spiro atoms. The van der Waals surface area contributed by atoms with Gasteiger partial charge in [0.15, 0.2) is 11.6 Å². The number of benzene rings is 2. The van der Waals surface area contributed by atoms with E-state index in [0.717, 1.165) is 18.2 Å². The Morgan fingerprint density at radius 3 is 2.75 bits per heavy atom. The van der Waals surface area contributed by atoms with Crippen LogP contribution in [0.5, 0.6) is 5.75 Å². The normalized spacial score (nSPS) is 18.1. The molecule has 0 bridgehead atoms. The summed E-state index contributed by atoms with van der Waals surface area (Å²) in [4.78, 5) is 2.04. The van der Waals surface area contributed by atoms with Crippen LogP contribution in [0.4, 0.5) is 4.39 Å². The lowest BCUT2D eigenvalue weighted by Crippen LogP contribution is -2.42. The topological polar surface area (TPSA) is 67.9 Å². The summed E-state index contributed by atoms with van der Waals surface area (Å²) in [6, 6.07) is 13.6. The molecular weight excluding hydrogens is 383 g/mol. The number of hydrogen-bond acceptors (Lipinski definition) is 5. The summed E-state index contributed by atoms with van der Waals surface area (Å²) in [5, 5.41) is 0. The maximum Gasteiger partial charge on any atom is 0.240 e. The molecule has 1 N–H and O–H groups in total. The molecule has 0 saturated carbocycles. The molecule has 8 heteroatoms. The zero-order valence-corrected chi connectivity index (χ0v) is 16.6. The highest BCUT2D eigenvalue weighted by molar-refractivity contribution is 7.89. The van der Waals surface area contributed by atoms with Gasteiger partial charge in [-0.3, -0.25) is 4.90 Å². The second kappa shape index (κ2) is 9.47. The third-order valence-corrected chi connectivity index (χ3v) is 6.01. The maximum atomic E-state index is 13.9. The number of morpholine rings is 1. The first kappa shape index (κ1) is 20.7. The SMILES string of the molecule is CCOc1ccc(S(=O)(=O)NCCN2CCO[C@H](c3ccccc3)C2)cc1F. The summed E-state index contributed by atoms with van der Waals surface area (Å²) in [6.45, 7) is 4.86. The summed E-state index contributed by atoms with van der Waals surface area (Å²) in [5.74, 6) is -0.648. The van der Waals surface area contributed by atoms with Gasteiger partial charge in [-0.15, -0.1) is 0 Å². The second-order valence-corrected chi connectivity index (χ2v) is 8.26. The Hall–Kier alpha value is -2.00. The summed E-state index contributed by atoms with van der Waals surface area (Å²) < 4.78 is 52.2. The first-order valence-electron chi connectivity index (χ1n) is 9.30. The molecule has 1 heterocycles. The molecule has 1 aliphatic rings. The molecule has 1 fully saturated rings. The second-order valence-electron chi connectivity index (χ2n) is 6.49. The van der Waals surface area contributed by atoms with Gasteiger partial charge in [-0.25, -0.2) is 17.5 Å². The van der Waals surface area contributed by atoms with Crippen LogP contribution in [0, 0.1) is 5.82 Å². The third-order valence-electron chi connectivity index (χ3n) is 4.56. The van der Waals surface area contributed by atoms with Crippen molar-refractivity contribution in [1.29, 1.82) is 0 Å². The summed E-state index contributed by atoms with van der Waals surface area (Å²) >= 11 is 0. The molecule has 2 aromatic rings. The Morgan fingerprint density at radius 2 is 2.04 bits per heavy atom. The number of sulfonamides is 1. The third kappa shape index (κ3) is 5.29. The van der Waals surface area contributed by atoms with E-state index in [0.29, 0.717) is 26.3 Å². The van der Waals surface area contributed by atoms with Gasteiger partial charge in [-0.1, -0.05) is 30.3 Å². The predicted molar refractivity (Wildman–Crippen MR) is 104 cm³/mol. The lowest BCUT2D eigenvalue weighted by atomic mass is 10.1. The van der Waals surface area contributed by atoms with Gasteiger partial charge in [0.1, 0.15) is 0 Å². The molecule has 0 aliphatic carbocycles. The first-order valence-corrected chi connectivity index (χ1v) is 10.8. The van der Waals surface area contributed by atoms with Gasteiger partial charge < -0.3 is 9.47 Å². The minimum atomic E-state index is -3.78. The van der Waals surface area contributed by atoms with Gasteiger partial charge in [0, 0.05) is 26.2 Å². The van der Waals surface area contributed by atoms with Crippen molar-refractivity contribution in [2.45, 2.75) is 17.9 Å². The fraction of sp³-hybridized carbons (Fsp3) is 0.400. The average molecular weight is 408 g/mol. The van der Waals surface area contributed by atoms with Crippen molar-refractivity contribution in [3.63, 3.8) is 0 Å². The van der Waals surface area contributed by atoms with Crippen LogP contribution in [0.2, 0.25) is 0 Å². The number of rotatable bonds is 8. The number of nitrogens with zero attached hydrogens (tertiary/aromatic N) is 1. The molecule has 6 nitrogen and oxygen atoms in total. The molecule has 0 radical (unpaired) electrons. The Balaban J connectivity index is 1.54. The van der Waals surface area contributed by atoms with Crippen molar-refractivity contribution in [3.05, 3.63) is 59.9 Å². The van der Waals surface area contributed by atoms with E-state index in [1.54, 1.807) is 6.92 Å². The fourth-order valence-electron chi connectivity index (χ4n) is 3.12. The number of halogens is 1. The molecule has 28 heavy (non-hydrogen) atoms.